The van der Waals surface area contributed by atoms with Crippen molar-refractivity contribution < 1.29 is 50.0 Å². The van der Waals surface area contributed by atoms with Gasteiger partial charge in [-0.05, 0) is 6.92 Å². The summed E-state index contributed by atoms with van der Waals surface area (Å²) in [6.45, 7) is 0.819. The topological polar surface area (TPSA) is 169 Å². The predicted octanol–water partition coefficient (Wildman–Crippen LogP) is -4.37. The van der Waals surface area contributed by atoms with Crippen molar-refractivity contribution in [3.63, 3.8) is 0 Å². The third-order valence-corrected chi connectivity index (χ3v) is 3.93. The smallest absolute Gasteiger partial charge is 0.189 e. The third-order valence-electron chi connectivity index (χ3n) is 3.93. The molecule has 0 aliphatic carbocycles. The Morgan fingerprint density at radius 1 is 0.727 bits per heavy atom. The van der Waals surface area contributed by atoms with Crippen LogP contribution in [0.3, 0.4) is 0 Å². The summed E-state index contributed by atoms with van der Waals surface area (Å²) < 4.78 is 15.5. The lowest BCUT2D eigenvalue weighted by Crippen LogP contribution is -2.63. The van der Waals surface area contributed by atoms with Gasteiger partial charge in [0.05, 0.1) is 12.7 Å². The number of hydrogen-bond donors (Lipinski definition) is 7. The molecule has 0 aromatic rings. The highest BCUT2D eigenvalue weighted by Crippen LogP contribution is 2.27. The van der Waals surface area contributed by atoms with Crippen molar-refractivity contribution in [2.75, 3.05) is 6.61 Å². The molecule has 22 heavy (non-hydrogen) atoms. The number of hydrogen-bond acceptors (Lipinski definition) is 10. The van der Waals surface area contributed by atoms with E-state index in [9.17, 15) is 30.6 Å². The SMILES string of the molecule is C[C@@H]1O[C@@H](O[C@H]2O[C@H](CO)[C@@H](O)[C@H](O)[C@H]2O)[C@H](O)[C@H](O)[C@H]1O. The summed E-state index contributed by atoms with van der Waals surface area (Å²) in [4.78, 5) is 0. The first-order valence-electron chi connectivity index (χ1n) is 6.93. The first kappa shape index (κ1) is 17.9. The average Bonchev–Trinajstić information content (AvgIpc) is 2.50. The molecule has 0 saturated carbocycles. The molecule has 0 radical (unpaired) electrons. The van der Waals surface area contributed by atoms with Crippen LogP contribution in [0.2, 0.25) is 0 Å². The van der Waals surface area contributed by atoms with Crippen molar-refractivity contribution in [2.24, 2.45) is 0 Å². The molecule has 7 N–H and O–H groups in total. The largest absolute Gasteiger partial charge is 0.394 e. The molecule has 0 bridgehead atoms. The van der Waals surface area contributed by atoms with Crippen molar-refractivity contribution in [3.8, 4) is 0 Å². The Labute approximate surface area is 126 Å². The molecule has 2 heterocycles. The van der Waals surface area contributed by atoms with Crippen LogP contribution in [0.15, 0.2) is 0 Å². The van der Waals surface area contributed by atoms with Crippen molar-refractivity contribution >= 4 is 0 Å². The van der Waals surface area contributed by atoms with Crippen molar-refractivity contribution in [1.29, 1.82) is 0 Å². The molecular weight excluding hydrogens is 304 g/mol. The van der Waals surface area contributed by atoms with Crippen LogP contribution in [0.1, 0.15) is 6.92 Å². The minimum absolute atomic E-state index is 0.628. The summed E-state index contributed by atoms with van der Waals surface area (Å²) >= 11 is 0. The number of ether oxygens (including phenoxy) is 3. The first-order valence-corrected chi connectivity index (χ1v) is 6.93. The summed E-state index contributed by atoms with van der Waals surface area (Å²) in [5.41, 5.74) is 0. The highest BCUT2D eigenvalue weighted by atomic mass is 16.8. The average molecular weight is 326 g/mol. The van der Waals surface area contributed by atoms with Crippen LogP contribution in [0.25, 0.3) is 0 Å². The van der Waals surface area contributed by atoms with Crippen LogP contribution in [-0.2, 0) is 14.2 Å². The molecule has 0 amide bonds. The highest BCUT2D eigenvalue weighted by Gasteiger charge is 2.48. The predicted molar refractivity (Wildman–Crippen MR) is 67.2 cm³/mol. The van der Waals surface area contributed by atoms with Gasteiger partial charge in [0.15, 0.2) is 12.6 Å². The van der Waals surface area contributed by atoms with E-state index in [0.717, 1.165) is 0 Å². The van der Waals surface area contributed by atoms with Gasteiger partial charge in [0.1, 0.15) is 42.7 Å². The van der Waals surface area contributed by atoms with Gasteiger partial charge in [-0.3, -0.25) is 0 Å². The molecule has 0 aromatic carbocycles. The molecule has 0 spiro atoms. The van der Waals surface area contributed by atoms with E-state index < -0.39 is 68.0 Å². The lowest BCUT2D eigenvalue weighted by Gasteiger charge is -2.44. The molecule has 130 valence electrons. The highest BCUT2D eigenvalue weighted by molar-refractivity contribution is 4.91. The zero-order valence-corrected chi connectivity index (χ0v) is 11.8. The molecule has 2 fully saturated rings. The second-order valence-corrected chi connectivity index (χ2v) is 5.51. The van der Waals surface area contributed by atoms with Gasteiger partial charge < -0.3 is 50.0 Å². The van der Waals surface area contributed by atoms with E-state index in [0.29, 0.717) is 0 Å². The minimum Gasteiger partial charge on any atom is -0.394 e. The van der Waals surface area contributed by atoms with Crippen LogP contribution in [0, 0.1) is 0 Å². The Balaban J connectivity index is 2.05. The van der Waals surface area contributed by atoms with E-state index in [1.54, 1.807) is 0 Å². The van der Waals surface area contributed by atoms with E-state index in [-0.39, 0.29) is 0 Å². The van der Waals surface area contributed by atoms with E-state index in [2.05, 4.69) is 0 Å². The molecule has 2 saturated heterocycles. The Kier molecular flexibility index (Phi) is 5.72. The molecule has 0 aromatic heterocycles. The van der Waals surface area contributed by atoms with E-state index >= 15 is 0 Å². The van der Waals surface area contributed by atoms with Gasteiger partial charge in [0.25, 0.3) is 0 Å². The molecular formula is C12H22O10. The number of aliphatic hydroxyl groups is 7. The Hall–Kier alpha value is -0.400. The second kappa shape index (κ2) is 7.01. The van der Waals surface area contributed by atoms with E-state index in [4.69, 9.17) is 19.3 Å². The third kappa shape index (κ3) is 3.26. The molecule has 10 heteroatoms. The fourth-order valence-electron chi connectivity index (χ4n) is 2.44. The van der Waals surface area contributed by atoms with Gasteiger partial charge in [-0.15, -0.1) is 0 Å². The maximum atomic E-state index is 9.83. The van der Waals surface area contributed by atoms with Gasteiger partial charge in [0.2, 0.25) is 0 Å². The van der Waals surface area contributed by atoms with Crippen LogP contribution < -0.4 is 0 Å². The maximum absolute atomic E-state index is 9.83. The zero-order valence-electron chi connectivity index (χ0n) is 11.8. The normalized spacial score (nSPS) is 53.5. The Morgan fingerprint density at radius 3 is 1.77 bits per heavy atom. The summed E-state index contributed by atoms with van der Waals surface area (Å²) in [6, 6.07) is 0. The van der Waals surface area contributed by atoms with Crippen molar-refractivity contribution in [2.45, 2.75) is 68.3 Å². The van der Waals surface area contributed by atoms with Gasteiger partial charge in [-0.25, -0.2) is 0 Å². The monoisotopic (exact) mass is 326 g/mol. The van der Waals surface area contributed by atoms with Gasteiger partial charge >= 0.3 is 0 Å². The first-order chi connectivity index (χ1) is 10.3. The molecule has 2 aliphatic heterocycles. The minimum atomic E-state index is -1.66. The molecule has 10 atom stereocenters. The summed E-state index contributed by atoms with van der Waals surface area (Å²) in [5.74, 6) is 0. The van der Waals surface area contributed by atoms with Gasteiger partial charge in [0, 0.05) is 0 Å². The lowest BCUT2D eigenvalue weighted by molar-refractivity contribution is -0.373. The van der Waals surface area contributed by atoms with E-state index in [1.165, 1.54) is 6.92 Å². The molecule has 2 rings (SSSR count). The second-order valence-electron chi connectivity index (χ2n) is 5.51. The molecule has 0 unspecified atom stereocenters. The van der Waals surface area contributed by atoms with Gasteiger partial charge in [-0.1, -0.05) is 0 Å². The fourth-order valence-corrected chi connectivity index (χ4v) is 2.44. The lowest BCUT2D eigenvalue weighted by atomic mass is 9.98. The van der Waals surface area contributed by atoms with Crippen molar-refractivity contribution in [3.05, 3.63) is 0 Å². The molecule has 2 aliphatic rings. The van der Waals surface area contributed by atoms with Crippen LogP contribution in [-0.4, -0.2) is 104 Å². The summed E-state index contributed by atoms with van der Waals surface area (Å²) in [5, 5.41) is 67.3. The van der Waals surface area contributed by atoms with Crippen molar-refractivity contribution in [1.82, 2.24) is 0 Å². The maximum Gasteiger partial charge on any atom is 0.189 e. The zero-order chi connectivity index (χ0) is 16.6. The quantitative estimate of drug-likeness (QED) is 0.269. The number of rotatable bonds is 3. The Bertz CT molecular complexity index is 366. The summed E-state index contributed by atoms with van der Waals surface area (Å²) in [6.07, 6.45) is -14.3. The Morgan fingerprint density at radius 2 is 1.23 bits per heavy atom. The van der Waals surface area contributed by atoms with E-state index in [1.807, 2.05) is 0 Å². The van der Waals surface area contributed by atoms with Gasteiger partial charge in [-0.2, -0.15) is 0 Å². The van der Waals surface area contributed by atoms with Crippen LogP contribution >= 0.6 is 0 Å². The molecule has 10 nitrogen and oxygen atoms in total. The number of aliphatic hydroxyl groups excluding tert-OH is 7. The summed E-state index contributed by atoms with van der Waals surface area (Å²) in [7, 11) is 0. The van der Waals surface area contributed by atoms with Crippen LogP contribution in [0.5, 0.6) is 0 Å². The van der Waals surface area contributed by atoms with Crippen LogP contribution in [0.4, 0.5) is 0 Å². The fraction of sp³-hybridized carbons (Fsp3) is 1.00. The standard InChI is InChI=1S/C12H22O10/c1-3-5(14)7(16)9(18)11(20-3)22-12-10(19)8(17)6(15)4(2-13)21-12/h3-19H,2H2,1H3/t3-,4+,5-,6+,7+,8-,9+,10+,11-,12+/m0/s1.